The molecule has 4 nitrogen and oxygen atoms in total. The Labute approximate surface area is 118 Å². The van der Waals surface area contributed by atoms with Crippen LogP contribution in [-0.2, 0) is 19.5 Å². The molecule has 2 N–H and O–H groups in total. The van der Waals surface area contributed by atoms with Crippen molar-refractivity contribution < 1.29 is 9.90 Å². The summed E-state index contributed by atoms with van der Waals surface area (Å²) in [5, 5.41) is 12.2. The second kappa shape index (κ2) is 6.82. The molecule has 1 aromatic heterocycles. The predicted octanol–water partition coefficient (Wildman–Crippen LogP) is 2.63. The van der Waals surface area contributed by atoms with Gasteiger partial charge in [0.15, 0.2) is 0 Å². The first kappa shape index (κ1) is 14.2. The van der Waals surface area contributed by atoms with Crippen molar-refractivity contribution in [1.29, 1.82) is 0 Å². The minimum Gasteiger partial charge on any atom is -0.477 e. The third-order valence-corrected chi connectivity index (χ3v) is 3.15. The van der Waals surface area contributed by atoms with Crippen LogP contribution in [-0.4, -0.2) is 16.1 Å². The number of nitrogens with zero attached hydrogens (tertiary/aromatic N) is 1. The van der Waals surface area contributed by atoms with Crippen molar-refractivity contribution in [2.45, 2.75) is 26.4 Å². The van der Waals surface area contributed by atoms with E-state index in [-0.39, 0.29) is 5.69 Å². The van der Waals surface area contributed by atoms with E-state index >= 15 is 0 Å². The molecule has 2 rings (SSSR count). The van der Waals surface area contributed by atoms with Gasteiger partial charge in [0.25, 0.3) is 0 Å². The fraction of sp³-hybridized carbons (Fsp3) is 0.250. The van der Waals surface area contributed by atoms with Crippen LogP contribution >= 0.6 is 0 Å². The molecule has 0 unspecified atom stereocenters. The number of hydrogen-bond donors (Lipinski definition) is 2. The molecule has 1 heterocycles. The fourth-order valence-corrected chi connectivity index (χ4v) is 2.10. The third kappa shape index (κ3) is 3.65. The van der Waals surface area contributed by atoms with E-state index in [1.54, 1.807) is 6.07 Å². The molecule has 20 heavy (non-hydrogen) atoms. The monoisotopic (exact) mass is 270 g/mol. The zero-order valence-electron chi connectivity index (χ0n) is 11.5. The van der Waals surface area contributed by atoms with Crippen LogP contribution in [0.4, 0.5) is 0 Å². The lowest BCUT2D eigenvalue weighted by atomic mass is 10.1. The molecule has 1 aromatic carbocycles. The molecule has 0 aliphatic heterocycles. The van der Waals surface area contributed by atoms with Crippen LogP contribution < -0.4 is 5.32 Å². The lowest BCUT2D eigenvalue weighted by molar-refractivity contribution is 0.0690. The van der Waals surface area contributed by atoms with Gasteiger partial charge < -0.3 is 10.4 Å². The van der Waals surface area contributed by atoms with E-state index in [0.717, 1.165) is 18.7 Å². The number of carbonyl (C=O) groups is 1. The number of rotatable bonds is 6. The number of aromatic nitrogens is 1. The van der Waals surface area contributed by atoms with Crippen molar-refractivity contribution in [3.8, 4) is 0 Å². The molecular weight excluding hydrogens is 252 g/mol. The number of hydrogen-bond acceptors (Lipinski definition) is 3. The van der Waals surface area contributed by atoms with Crippen molar-refractivity contribution in [2.24, 2.45) is 0 Å². The zero-order valence-corrected chi connectivity index (χ0v) is 11.5. The van der Waals surface area contributed by atoms with Gasteiger partial charge in [-0.15, -0.1) is 0 Å². The van der Waals surface area contributed by atoms with E-state index in [9.17, 15) is 4.79 Å². The Bertz CT molecular complexity index is 597. The predicted molar refractivity (Wildman–Crippen MR) is 77.6 cm³/mol. The Morgan fingerprint density at radius 3 is 2.55 bits per heavy atom. The molecule has 0 atom stereocenters. The molecule has 0 aliphatic rings. The number of benzene rings is 1. The average molecular weight is 270 g/mol. The number of aromatic carboxylic acids is 1. The maximum atomic E-state index is 10.8. The van der Waals surface area contributed by atoms with E-state index in [4.69, 9.17) is 5.11 Å². The second-order valence-electron chi connectivity index (χ2n) is 4.55. The number of nitrogens with one attached hydrogen (secondary N) is 1. The summed E-state index contributed by atoms with van der Waals surface area (Å²) in [6.45, 7) is 3.44. The Kier molecular flexibility index (Phi) is 4.85. The smallest absolute Gasteiger partial charge is 0.354 e. The highest BCUT2D eigenvalue weighted by molar-refractivity contribution is 5.85. The molecule has 0 bridgehead atoms. The molecule has 0 amide bonds. The number of pyridine rings is 1. The van der Waals surface area contributed by atoms with Crippen LogP contribution in [0.15, 0.2) is 42.5 Å². The quantitative estimate of drug-likeness (QED) is 0.847. The van der Waals surface area contributed by atoms with Crippen molar-refractivity contribution in [1.82, 2.24) is 10.3 Å². The molecule has 0 saturated heterocycles. The number of carboxylic acids is 1. The summed E-state index contributed by atoms with van der Waals surface area (Å²) in [7, 11) is 0. The molecule has 0 spiro atoms. The highest BCUT2D eigenvalue weighted by atomic mass is 16.4. The topological polar surface area (TPSA) is 62.2 Å². The number of carboxylic acid groups (broad SMARTS) is 1. The highest BCUT2D eigenvalue weighted by Gasteiger charge is 2.05. The molecule has 2 aromatic rings. The lowest BCUT2D eigenvalue weighted by Crippen LogP contribution is -2.15. The van der Waals surface area contributed by atoms with Crippen LogP contribution in [0.2, 0.25) is 0 Å². The van der Waals surface area contributed by atoms with E-state index in [1.807, 2.05) is 18.2 Å². The van der Waals surface area contributed by atoms with E-state index < -0.39 is 5.97 Å². The van der Waals surface area contributed by atoms with Gasteiger partial charge in [0.05, 0.1) is 5.69 Å². The lowest BCUT2D eigenvalue weighted by Gasteiger charge is -2.09. The average Bonchev–Trinajstić information content (AvgIpc) is 2.48. The van der Waals surface area contributed by atoms with Gasteiger partial charge in [0.2, 0.25) is 0 Å². The first-order valence-electron chi connectivity index (χ1n) is 6.67. The van der Waals surface area contributed by atoms with Gasteiger partial charge in [-0.25, -0.2) is 9.78 Å². The van der Waals surface area contributed by atoms with E-state index in [1.165, 1.54) is 17.2 Å². The van der Waals surface area contributed by atoms with Gasteiger partial charge in [0.1, 0.15) is 5.69 Å². The summed E-state index contributed by atoms with van der Waals surface area (Å²) in [5.41, 5.74) is 3.41. The zero-order chi connectivity index (χ0) is 14.4. The van der Waals surface area contributed by atoms with Crippen molar-refractivity contribution in [3.63, 3.8) is 0 Å². The molecule has 0 radical (unpaired) electrons. The van der Waals surface area contributed by atoms with Crippen LogP contribution in [0.5, 0.6) is 0 Å². The SMILES string of the molecule is CCc1ccccc1CNCc1cccc(C(=O)O)n1. The van der Waals surface area contributed by atoms with Gasteiger partial charge in [-0.1, -0.05) is 37.3 Å². The largest absolute Gasteiger partial charge is 0.477 e. The molecule has 0 aliphatic carbocycles. The van der Waals surface area contributed by atoms with Crippen LogP contribution in [0.3, 0.4) is 0 Å². The van der Waals surface area contributed by atoms with Crippen LogP contribution in [0.25, 0.3) is 0 Å². The fourth-order valence-electron chi connectivity index (χ4n) is 2.10. The Hall–Kier alpha value is -2.20. The number of aryl methyl sites for hydroxylation is 1. The minimum atomic E-state index is -0.997. The van der Waals surface area contributed by atoms with Gasteiger partial charge in [0, 0.05) is 13.1 Å². The van der Waals surface area contributed by atoms with Crippen molar-refractivity contribution in [2.75, 3.05) is 0 Å². The van der Waals surface area contributed by atoms with Gasteiger partial charge in [-0.3, -0.25) is 0 Å². The third-order valence-electron chi connectivity index (χ3n) is 3.15. The Balaban J connectivity index is 1.96. The van der Waals surface area contributed by atoms with Crippen molar-refractivity contribution >= 4 is 5.97 Å². The molecule has 4 heteroatoms. The van der Waals surface area contributed by atoms with Gasteiger partial charge in [-0.05, 0) is 29.7 Å². The normalized spacial score (nSPS) is 10.4. The maximum absolute atomic E-state index is 10.8. The van der Waals surface area contributed by atoms with Crippen molar-refractivity contribution in [3.05, 3.63) is 65.0 Å². The summed E-state index contributed by atoms with van der Waals surface area (Å²) in [5.74, 6) is -0.997. The summed E-state index contributed by atoms with van der Waals surface area (Å²) >= 11 is 0. The van der Waals surface area contributed by atoms with E-state index in [2.05, 4.69) is 29.4 Å². The minimum absolute atomic E-state index is 0.0817. The van der Waals surface area contributed by atoms with Crippen LogP contribution in [0, 0.1) is 0 Å². The molecule has 0 fully saturated rings. The van der Waals surface area contributed by atoms with Gasteiger partial charge >= 0.3 is 5.97 Å². The Morgan fingerprint density at radius 1 is 1.10 bits per heavy atom. The molecule has 0 saturated carbocycles. The summed E-state index contributed by atoms with van der Waals surface area (Å²) < 4.78 is 0. The Morgan fingerprint density at radius 2 is 1.85 bits per heavy atom. The molecule has 104 valence electrons. The summed E-state index contributed by atoms with van der Waals surface area (Å²) in [6, 6.07) is 13.3. The highest BCUT2D eigenvalue weighted by Crippen LogP contribution is 2.09. The summed E-state index contributed by atoms with van der Waals surface area (Å²) in [4.78, 5) is 14.9. The van der Waals surface area contributed by atoms with Gasteiger partial charge in [-0.2, -0.15) is 0 Å². The summed E-state index contributed by atoms with van der Waals surface area (Å²) in [6.07, 6.45) is 1.00. The second-order valence-corrected chi connectivity index (χ2v) is 4.55. The maximum Gasteiger partial charge on any atom is 0.354 e. The first-order chi connectivity index (χ1) is 9.70. The van der Waals surface area contributed by atoms with E-state index in [0.29, 0.717) is 6.54 Å². The standard InChI is InChI=1S/C16H18N2O2/c1-2-12-6-3-4-7-13(12)10-17-11-14-8-5-9-15(18-14)16(19)20/h3-9,17H,2,10-11H2,1H3,(H,19,20). The first-order valence-corrected chi connectivity index (χ1v) is 6.67. The molecular formula is C16H18N2O2. The van der Waals surface area contributed by atoms with Crippen LogP contribution in [0.1, 0.15) is 34.2 Å².